The topological polar surface area (TPSA) is 61.9 Å². The van der Waals surface area contributed by atoms with Crippen LogP contribution in [0, 0.1) is 5.92 Å². The third-order valence-corrected chi connectivity index (χ3v) is 2.21. The molecule has 0 atom stereocenters. The van der Waals surface area contributed by atoms with E-state index in [9.17, 15) is 4.79 Å². The predicted molar refractivity (Wildman–Crippen MR) is 56.9 cm³/mol. The summed E-state index contributed by atoms with van der Waals surface area (Å²) in [5.41, 5.74) is 0. The van der Waals surface area contributed by atoms with Gasteiger partial charge >= 0.3 is 0 Å². The zero-order chi connectivity index (χ0) is 11.3. The molecule has 0 unspecified atom stereocenters. The molecule has 15 heavy (non-hydrogen) atoms. The molecule has 0 saturated heterocycles. The van der Waals surface area contributed by atoms with Crippen LogP contribution in [-0.4, -0.2) is 33.0 Å². The van der Waals surface area contributed by atoms with Gasteiger partial charge in [-0.2, -0.15) is 5.10 Å². The van der Waals surface area contributed by atoms with E-state index in [1.165, 1.54) is 6.33 Å². The van der Waals surface area contributed by atoms with Gasteiger partial charge in [0.25, 0.3) is 0 Å². The molecule has 84 valence electrons. The number of aromatic nitrogens is 3. The summed E-state index contributed by atoms with van der Waals surface area (Å²) < 4.78 is 0. The van der Waals surface area contributed by atoms with Crippen molar-refractivity contribution in [3.63, 3.8) is 0 Å². The van der Waals surface area contributed by atoms with Gasteiger partial charge < -0.3 is 4.90 Å². The van der Waals surface area contributed by atoms with Crippen LogP contribution in [0.25, 0.3) is 0 Å². The highest BCUT2D eigenvalue weighted by molar-refractivity contribution is 5.75. The van der Waals surface area contributed by atoms with Crippen molar-refractivity contribution < 1.29 is 4.79 Å². The van der Waals surface area contributed by atoms with Crippen molar-refractivity contribution in [3.05, 3.63) is 12.2 Å². The van der Waals surface area contributed by atoms with Crippen molar-refractivity contribution >= 4 is 5.91 Å². The number of hydrogen-bond acceptors (Lipinski definition) is 3. The quantitative estimate of drug-likeness (QED) is 0.794. The second kappa shape index (κ2) is 5.48. The monoisotopic (exact) mass is 210 g/mol. The van der Waals surface area contributed by atoms with Gasteiger partial charge in [-0.15, -0.1) is 0 Å². The Bertz CT molecular complexity index is 294. The molecule has 0 aliphatic heterocycles. The summed E-state index contributed by atoms with van der Waals surface area (Å²) >= 11 is 0. The van der Waals surface area contributed by atoms with Crippen molar-refractivity contribution in [1.29, 1.82) is 0 Å². The number of rotatable bonds is 5. The van der Waals surface area contributed by atoms with Crippen LogP contribution in [0.2, 0.25) is 0 Å². The highest BCUT2D eigenvalue weighted by Gasteiger charge is 2.10. The highest BCUT2D eigenvalue weighted by Crippen LogP contribution is 2.06. The van der Waals surface area contributed by atoms with Crippen LogP contribution in [0.15, 0.2) is 6.33 Å². The molecule has 1 amide bonds. The van der Waals surface area contributed by atoms with Crippen molar-refractivity contribution in [2.24, 2.45) is 5.92 Å². The predicted octanol–water partition coefficient (Wildman–Crippen LogP) is 1.20. The first kappa shape index (κ1) is 11.7. The number of H-pyrrole nitrogens is 1. The van der Waals surface area contributed by atoms with Crippen LogP contribution in [0.3, 0.4) is 0 Å². The zero-order valence-electron chi connectivity index (χ0n) is 9.53. The fraction of sp³-hybridized carbons (Fsp3) is 0.700. The molecule has 1 N–H and O–H groups in total. The van der Waals surface area contributed by atoms with Gasteiger partial charge in [0.15, 0.2) is 0 Å². The summed E-state index contributed by atoms with van der Waals surface area (Å²) in [5, 5.41) is 6.47. The summed E-state index contributed by atoms with van der Waals surface area (Å²) in [5.74, 6) is 1.43. The number of aromatic amines is 1. The Morgan fingerprint density at radius 3 is 2.87 bits per heavy atom. The molecule has 0 aliphatic rings. The maximum Gasteiger partial charge on any atom is 0.222 e. The number of nitrogens with zero attached hydrogens (tertiary/aromatic N) is 3. The maximum atomic E-state index is 11.6. The van der Waals surface area contributed by atoms with Crippen LogP contribution >= 0.6 is 0 Å². The van der Waals surface area contributed by atoms with Crippen LogP contribution < -0.4 is 0 Å². The summed E-state index contributed by atoms with van der Waals surface area (Å²) in [6.45, 7) is 4.73. The number of amides is 1. The second-order valence-electron chi connectivity index (χ2n) is 4.11. The molecular weight excluding hydrogens is 192 g/mol. The van der Waals surface area contributed by atoms with Gasteiger partial charge in [0, 0.05) is 13.5 Å². The molecule has 0 aliphatic carbocycles. The van der Waals surface area contributed by atoms with Crippen molar-refractivity contribution in [1.82, 2.24) is 20.1 Å². The lowest BCUT2D eigenvalue weighted by Gasteiger charge is -2.15. The number of carbonyl (C=O) groups excluding carboxylic acids is 1. The van der Waals surface area contributed by atoms with Crippen molar-refractivity contribution in [2.45, 2.75) is 33.2 Å². The summed E-state index contributed by atoms with van der Waals surface area (Å²) in [4.78, 5) is 17.3. The minimum Gasteiger partial charge on any atom is -0.338 e. The van der Waals surface area contributed by atoms with Crippen LogP contribution in [0.5, 0.6) is 0 Å². The third kappa shape index (κ3) is 4.10. The minimum atomic E-state index is 0.153. The lowest BCUT2D eigenvalue weighted by Crippen LogP contribution is -2.26. The lowest BCUT2D eigenvalue weighted by atomic mass is 10.1. The normalized spacial score (nSPS) is 10.7. The van der Waals surface area contributed by atoms with Gasteiger partial charge in [-0.1, -0.05) is 13.8 Å². The molecule has 0 aromatic carbocycles. The first-order chi connectivity index (χ1) is 7.09. The minimum absolute atomic E-state index is 0.153. The Morgan fingerprint density at radius 1 is 1.60 bits per heavy atom. The van der Waals surface area contributed by atoms with E-state index in [0.29, 0.717) is 18.9 Å². The molecule has 1 aromatic heterocycles. The molecule has 0 radical (unpaired) electrons. The molecule has 1 rings (SSSR count). The van der Waals surface area contributed by atoms with Gasteiger partial charge in [-0.3, -0.25) is 9.89 Å². The van der Waals surface area contributed by atoms with Gasteiger partial charge in [-0.25, -0.2) is 4.98 Å². The zero-order valence-corrected chi connectivity index (χ0v) is 9.53. The van der Waals surface area contributed by atoms with Crippen LogP contribution in [0.1, 0.15) is 32.5 Å². The molecule has 5 heteroatoms. The van der Waals surface area contributed by atoms with Gasteiger partial charge in [0.1, 0.15) is 12.2 Å². The number of carbonyl (C=O) groups is 1. The fourth-order valence-electron chi connectivity index (χ4n) is 1.22. The van der Waals surface area contributed by atoms with Gasteiger partial charge in [-0.05, 0) is 12.3 Å². The van der Waals surface area contributed by atoms with E-state index in [-0.39, 0.29) is 5.91 Å². The second-order valence-corrected chi connectivity index (χ2v) is 4.11. The largest absolute Gasteiger partial charge is 0.338 e. The number of nitrogens with one attached hydrogen (secondary N) is 1. The molecular formula is C10H18N4O. The molecule has 5 nitrogen and oxygen atoms in total. The van der Waals surface area contributed by atoms with E-state index < -0.39 is 0 Å². The molecule has 1 heterocycles. The van der Waals surface area contributed by atoms with Crippen LogP contribution in [0.4, 0.5) is 0 Å². The van der Waals surface area contributed by atoms with E-state index in [4.69, 9.17) is 0 Å². The Hall–Kier alpha value is -1.39. The van der Waals surface area contributed by atoms with Crippen LogP contribution in [-0.2, 0) is 11.3 Å². The maximum absolute atomic E-state index is 11.6. The van der Waals surface area contributed by atoms with E-state index in [2.05, 4.69) is 29.0 Å². The molecule has 0 fully saturated rings. The average molecular weight is 210 g/mol. The SMILES string of the molecule is CC(C)CCC(=O)N(C)Cc1ncn[nH]1. The highest BCUT2D eigenvalue weighted by atomic mass is 16.2. The first-order valence-electron chi connectivity index (χ1n) is 5.17. The van der Waals surface area contributed by atoms with Crippen molar-refractivity contribution in [2.75, 3.05) is 7.05 Å². The molecule has 1 aromatic rings. The Balaban J connectivity index is 2.33. The lowest BCUT2D eigenvalue weighted by molar-refractivity contribution is -0.130. The number of hydrogen-bond donors (Lipinski definition) is 1. The van der Waals surface area contributed by atoms with E-state index in [1.807, 2.05) is 0 Å². The Morgan fingerprint density at radius 2 is 2.33 bits per heavy atom. The molecule has 0 saturated carbocycles. The standard InChI is InChI=1S/C10H18N4O/c1-8(2)4-5-10(15)14(3)6-9-11-7-12-13-9/h7-8H,4-6H2,1-3H3,(H,11,12,13). The Labute approximate surface area is 89.9 Å². The van der Waals surface area contributed by atoms with Gasteiger partial charge in [0.2, 0.25) is 5.91 Å². The van der Waals surface area contributed by atoms with E-state index in [0.717, 1.165) is 12.2 Å². The van der Waals surface area contributed by atoms with E-state index in [1.54, 1.807) is 11.9 Å². The first-order valence-corrected chi connectivity index (χ1v) is 5.17. The van der Waals surface area contributed by atoms with Crippen molar-refractivity contribution in [3.8, 4) is 0 Å². The Kier molecular flexibility index (Phi) is 4.27. The summed E-state index contributed by atoms with van der Waals surface area (Å²) in [6, 6.07) is 0. The van der Waals surface area contributed by atoms with E-state index >= 15 is 0 Å². The molecule has 0 spiro atoms. The fourth-order valence-corrected chi connectivity index (χ4v) is 1.22. The molecule has 0 bridgehead atoms. The third-order valence-electron chi connectivity index (χ3n) is 2.21. The smallest absolute Gasteiger partial charge is 0.222 e. The van der Waals surface area contributed by atoms with Gasteiger partial charge in [0.05, 0.1) is 6.54 Å². The summed E-state index contributed by atoms with van der Waals surface area (Å²) in [6.07, 6.45) is 2.98. The average Bonchev–Trinajstić information content (AvgIpc) is 2.66. The summed E-state index contributed by atoms with van der Waals surface area (Å²) in [7, 11) is 1.78.